The molecule has 1 aromatic carbocycles. The summed E-state index contributed by atoms with van der Waals surface area (Å²) < 4.78 is 16.5. The maximum atomic E-state index is 12.3. The zero-order valence-corrected chi connectivity index (χ0v) is 13.2. The Bertz CT molecular complexity index is 659. The van der Waals surface area contributed by atoms with Crippen LogP contribution >= 0.6 is 0 Å². The van der Waals surface area contributed by atoms with Gasteiger partial charge in [0.2, 0.25) is 0 Å². The van der Waals surface area contributed by atoms with Crippen LogP contribution in [-0.2, 0) is 11.3 Å². The van der Waals surface area contributed by atoms with Crippen LogP contribution in [0.4, 0.5) is 5.69 Å². The first-order valence-electron chi connectivity index (χ1n) is 7.91. The smallest absolute Gasteiger partial charge is 0.291 e. The van der Waals surface area contributed by atoms with Crippen LogP contribution in [0.5, 0.6) is 5.75 Å². The van der Waals surface area contributed by atoms with Gasteiger partial charge >= 0.3 is 0 Å². The third-order valence-corrected chi connectivity index (χ3v) is 3.90. The minimum atomic E-state index is -0.296. The molecule has 0 saturated heterocycles. The third kappa shape index (κ3) is 3.93. The molecule has 1 aliphatic rings. The molecular formula is C18H21NO4. The molecule has 0 aliphatic heterocycles. The van der Waals surface area contributed by atoms with Crippen molar-refractivity contribution in [1.29, 1.82) is 0 Å². The second-order valence-corrected chi connectivity index (χ2v) is 5.67. The van der Waals surface area contributed by atoms with Crippen LogP contribution in [0.3, 0.4) is 0 Å². The topological polar surface area (TPSA) is 60.7 Å². The van der Waals surface area contributed by atoms with Crippen LogP contribution in [0.25, 0.3) is 0 Å². The summed E-state index contributed by atoms with van der Waals surface area (Å²) in [6.07, 6.45) is 4.79. The summed E-state index contributed by atoms with van der Waals surface area (Å²) in [5.41, 5.74) is 0.661. The van der Waals surface area contributed by atoms with E-state index in [-0.39, 0.29) is 17.8 Å². The summed E-state index contributed by atoms with van der Waals surface area (Å²) in [7, 11) is 1.58. The molecule has 1 aromatic heterocycles. The number of anilines is 1. The molecule has 3 rings (SSSR count). The van der Waals surface area contributed by atoms with Crippen molar-refractivity contribution >= 4 is 11.6 Å². The molecule has 5 heteroatoms. The van der Waals surface area contributed by atoms with E-state index in [9.17, 15) is 4.79 Å². The molecule has 122 valence electrons. The maximum absolute atomic E-state index is 12.3. The van der Waals surface area contributed by atoms with Crippen LogP contribution < -0.4 is 10.1 Å². The fourth-order valence-corrected chi connectivity index (χ4v) is 2.76. The van der Waals surface area contributed by atoms with E-state index in [2.05, 4.69) is 5.32 Å². The monoisotopic (exact) mass is 315 g/mol. The standard InChI is InChI=1S/C18H21NO4/c1-21-12-14-10-11-17(23-14)18(20)19-15-8-4-5-9-16(15)22-13-6-2-3-7-13/h4-5,8-11,13H,2-3,6-7,12H2,1H3,(H,19,20). The van der Waals surface area contributed by atoms with Crippen molar-refractivity contribution in [3.05, 3.63) is 47.9 Å². The lowest BCUT2D eigenvalue weighted by molar-refractivity contribution is 0.0986. The van der Waals surface area contributed by atoms with Gasteiger partial charge < -0.3 is 19.2 Å². The molecule has 0 unspecified atom stereocenters. The predicted octanol–water partition coefficient (Wildman–Crippen LogP) is 4.00. The van der Waals surface area contributed by atoms with Gasteiger partial charge in [-0.1, -0.05) is 12.1 Å². The van der Waals surface area contributed by atoms with Crippen LogP contribution in [0.15, 0.2) is 40.8 Å². The number of ether oxygens (including phenoxy) is 2. The molecule has 1 heterocycles. The van der Waals surface area contributed by atoms with Crippen molar-refractivity contribution in [3.8, 4) is 5.75 Å². The van der Waals surface area contributed by atoms with E-state index in [1.165, 1.54) is 12.8 Å². The molecule has 1 fully saturated rings. The number of para-hydroxylation sites is 2. The first kappa shape index (κ1) is 15.6. The van der Waals surface area contributed by atoms with Gasteiger partial charge in [-0.05, 0) is 49.9 Å². The zero-order chi connectivity index (χ0) is 16.1. The molecule has 5 nitrogen and oxygen atoms in total. The normalized spacial score (nSPS) is 14.8. The highest BCUT2D eigenvalue weighted by Gasteiger charge is 2.19. The Morgan fingerprint density at radius 2 is 2.00 bits per heavy atom. The van der Waals surface area contributed by atoms with E-state index >= 15 is 0 Å². The van der Waals surface area contributed by atoms with Crippen molar-refractivity contribution in [3.63, 3.8) is 0 Å². The van der Waals surface area contributed by atoms with E-state index in [4.69, 9.17) is 13.9 Å². The molecule has 0 radical (unpaired) electrons. The summed E-state index contributed by atoms with van der Waals surface area (Å²) >= 11 is 0. The van der Waals surface area contributed by atoms with Crippen LogP contribution in [0.2, 0.25) is 0 Å². The Morgan fingerprint density at radius 3 is 2.78 bits per heavy atom. The van der Waals surface area contributed by atoms with Gasteiger partial charge in [0.25, 0.3) is 5.91 Å². The largest absolute Gasteiger partial charge is 0.488 e. The summed E-state index contributed by atoms with van der Waals surface area (Å²) in [5, 5.41) is 2.86. The van der Waals surface area contributed by atoms with Crippen LogP contribution in [0.1, 0.15) is 42.0 Å². The highest BCUT2D eigenvalue weighted by molar-refractivity contribution is 6.03. The maximum Gasteiger partial charge on any atom is 0.291 e. The highest BCUT2D eigenvalue weighted by atomic mass is 16.5. The van der Waals surface area contributed by atoms with E-state index in [1.54, 1.807) is 19.2 Å². The first-order valence-corrected chi connectivity index (χ1v) is 7.91. The molecule has 1 amide bonds. The Morgan fingerprint density at radius 1 is 1.22 bits per heavy atom. The molecule has 1 aliphatic carbocycles. The predicted molar refractivity (Wildman–Crippen MR) is 86.7 cm³/mol. The third-order valence-electron chi connectivity index (χ3n) is 3.90. The summed E-state index contributed by atoms with van der Waals surface area (Å²) in [5.74, 6) is 1.28. The van der Waals surface area contributed by atoms with Crippen molar-refractivity contribution in [2.75, 3.05) is 12.4 Å². The van der Waals surface area contributed by atoms with Gasteiger partial charge in [-0.3, -0.25) is 4.79 Å². The molecule has 23 heavy (non-hydrogen) atoms. The Balaban J connectivity index is 1.69. The number of hydrogen-bond acceptors (Lipinski definition) is 4. The van der Waals surface area contributed by atoms with Crippen molar-refractivity contribution in [2.24, 2.45) is 0 Å². The van der Waals surface area contributed by atoms with Gasteiger partial charge in [-0.2, -0.15) is 0 Å². The fourth-order valence-electron chi connectivity index (χ4n) is 2.76. The quantitative estimate of drug-likeness (QED) is 0.875. The van der Waals surface area contributed by atoms with Gasteiger partial charge in [0.15, 0.2) is 5.76 Å². The number of benzene rings is 1. The van der Waals surface area contributed by atoms with Crippen molar-refractivity contribution in [2.45, 2.75) is 38.4 Å². The average Bonchev–Trinajstić information content (AvgIpc) is 3.21. The van der Waals surface area contributed by atoms with Crippen LogP contribution in [-0.4, -0.2) is 19.1 Å². The molecular weight excluding hydrogens is 294 g/mol. The molecule has 0 atom stereocenters. The Hall–Kier alpha value is -2.27. The number of nitrogens with one attached hydrogen (secondary N) is 1. The summed E-state index contributed by atoms with van der Waals surface area (Å²) in [4.78, 5) is 12.3. The lowest BCUT2D eigenvalue weighted by Crippen LogP contribution is -2.15. The Kier molecular flexibility index (Phi) is 4.98. The molecule has 0 spiro atoms. The zero-order valence-electron chi connectivity index (χ0n) is 13.2. The number of rotatable bonds is 6. The number of carbonyl (C=O) groups excluding carboxylic acids is 1. The summed E-state index contributed by atoms with van der Waals surface area (Å²) in [6.45, 7) is 0.342. The second kappa shape index (κ2) is 7.33. The molecule has 0 bridgehead atoms. The van der Waals surface area contributed by atoms with E-state index in [1.807, 2.05) is 24.3 Å². The van der Waals surface area contributed by atoms with E-state index in [0.29, 0.717) is 23.8 Å². The molecule has 2 aromatic rings. The minimum absolute atomic E-state index is 0.241. The van der Waals surface area contributed by atoms with Crippen molar-refractivity contribution < 1.29 is 18.7 Å². The second-order valence-electron chi connectivity index (χ2n) is 5.67. The lowest BCUT2D eigenvalue weighted by atomic mass is 10.2. The minimum Gasteiger partial charge on any atom is -0.488 e. The molecule has 1 saturated carbocycles. The number of methoxy groups -OCH3 is 1. The lowest BCUT2D eigenvalue weighted by Gasteiger charge is -2.16. The van der Waals surface area contributed by atoms with Gasteiger partial charge in [-0.25, -0.2) is 0 Å². The Labute approximate surface area is 135 Å². The first-order chi connectivity index (χ1) is 11.3. The highest BCUT2D eigenvalue weighted by Crippen LogP contribution is 2.30. The fraction of sp³-hybridized carbons (Fsp3) is 0.389. The summed E-state index contributed by atoms with van der Waals surface area (Å²) in [6, 6.07) is 10.9. The van der Waals surface area contributed by atoms with E-state index < -0.39 is 0 Å². The number of hydrogen-bond donors (Lipinski definition) is 1. The van der Waals surface area contributed by atoms with Crippen LogP contribution in [0, 0.1) is 0 Å². The van der Waals surface area contributed by atoms with Gasteiger partial charge in [0.05, 0.1) is 11.8 Å². The van der Waals surface area contributed by atoms with Gasteiger partial charge in [0, 0.05) is 7.11 Å². The molecule has 1 N–H and O–H groups in total. The number of amides is 1. The van der Waals surface area contributed by atoms with Gasteiger partial charge in [-0.15, -0.1) is 0 Å². The SMILES string of the molecule is COCc1ccc(C(=O)Nc2ccccc2OC2CCCC2)o1. The van der Waals surface area contributed by atoms with Gasteiger partial charge in [0.1, 0.15) is 18.1 Å². The van der Waals surface area contributed by atoms with Crippen molar-refractivity contribution in [1.82, 2.24) is 0 Å². The van der Waals surface area contributed by atoms with E-state index in [0.717, 1.165) is 12.8 Å². The average molecular weight is 315 g/mol. The number of carbonyl (C=O) groups is 1. The number of furan rings is 1.